The number of aryl methyl sites for hydroxylation is 1. The Morgan fingerprint density at radius 3 is 2.55 bits per heavy atom. The van der Waals surface area contributed by atoms with Crippen LogP contribution in [-0.2, 0) is 9.53 Å². The van der Waals surface area contributed by atoms with Crippen molar-refractivity contribution >= 4 is 21.3 Å². The summed E-state index contributed by atoms with van der Waals surface area (Å²) in [7, 11) is 2.62. The van der Waals surface area contributed by atoms with Crippen molar-refractivity contribution in [3.8, 4) is 0 Å². The van der Waals surface area contributed by atoms with Gasteiger partial charge in [0.15, 0.2) is 0 Å². The lowest BCUT2D eigenvalue weighted by Crippen LogP contribution is -2.29. The predicted octanol–water partition coefficient (Wildman–Crippen LogP) is 4.72. The van der Waals surface area contributed by atoms with Crippen LogP contribution in [0.4, 0.5) is 0 Å². The largest absolute Gasteiger partial charge is 0.430 e. The van der Waals surface area contributed by atoms with Crippen LogP contribution < -0.4 is 0 Å². The van der Waals surface area contributed by atoms with Gasteiger partial charge in [-0.3, -0.25) is 4.79 Å². The molecule has 0 N–H and O–H groups in total. The highest BCUT2D eigenvalue weighted by Gasteiger charge is 2.29. The number of hydrogen-bond donors (Lipinski definition) is 0. The molecule has 110 valence electrons. The number of carbonyl (C=O) groups is 1. The molecule has 0 radical (unpaired) electrons. The van der Waals surface area contributed by atoms with Gasteiger partial charge >= 0.3 is 5.97 Å². The molecule has 1 rings (SSSR count). The smallest absolute Gasteiger partial charge is 0.320 e. The van der Waals surface area contributed by atoms with E-state index in [-0.39, 0.29) is 5.97 Å². The average Bonchev–Trinajstić information content (AvgIpc) is 2.40. The standard InChI is InChI=1S/C17H25O2P/c1-5-11-17(4,20)16(18)19-15(6-2)12-14-10-8-7-9-13(14)3/h7-10,12H,5-6,11,20H2,1-4H3/b15-12+. The van der Waals surface area contributed by atoms with E-state index in [1.807, 2.05) is 38.1 Å². The van der Waals surface area contributed by atoms with E-state index >= 15 is 0 Å². The summed E-state index contributed by atoms with van der Waals surface area (Å²) in [6.07, 6.45) is 4.42. The maximum atomic E-state index is 12.2. The molecule has 2 unspecified atom stereocenters. The Balaban J connectivity index is 2.88. The molecule has 0 spiro atoms. The molecule has 0 heterocycles. The maximum Gasteiger partial charge on any atom is 0.320 e. The van der Waals surface area contributed by atoms with Crippen molar-refractivity contribution in [1.29, 1.82) is 0 Å². The average molecular weight is 292 g/mol. The summed E-state index contributed by atoms with van der Waals surface area (Å²) >= 11 is 0. The first kappa shape index (κ1) is 16.9. The third-order valence-corrected chi connectivity index (χ3v) is 3.84. The molecule has 0 saturated heterocycles. The van der Waals surface area contributed by atoms with Crippen LogP contribution in [0.15, 0.2) is 30.0 Å². The van der Waals surface area contributed by atoms with Crippen LogP contribution in [0.3, 0.4) is 0 Å². The summed E-state index contributed by atoms with van der Waals surface area (Å²) in [4.78, 5) is 12.2. The van der Waals surface area contributed by atoms with Gasteiger partial charge in [0.25, 0.3) is 0 Å². The van der Waals surface area contributed by atoms with Gasteiger partial charge in [-0.25, -0.2) is 0 Å². The predicted molar refractivity (Wildman–Crippen MR) is 88.6 cm³/mol. The number of rotatable bonds is 6. The van der Waals surface area contributed by atoms with E-state index < -0.39 is 5.16 Å². The molecular formula is C17H25O2P. The summed E-state index contributed by atoms with van der Waals surface area (Å²) in [6, 6.07) is 8.08. The number of ether oxygens (including phenoxy) is 1. The van der Waals surface area contributed by atoms with Crippen molar-refractivity contribution in [3.63, 3.8) is 0 Å². The van der Waals surface area contributed by atoms with Gasteiger partial charge in [-0.1, -0.05) is 44.5 Å². The lowest BCUT2D eigenvalue weighted by atomic mass is 10.1. The fraction of sp³-hybridized carbons (Fsp3) is 0.471. The lowest BCUT2D eigenvalue weighted by Gasteiger charge is -2.22. The number of esters is 1. The van der Waals surface area contributed by atoms with E-state index in [1.54, 1.807) is 0 Å². The van der Waals surface area contributed by atoms with Crippen LogP contribution in [-0.4, -0.2) is 11.1 Å². The lowest BCUT2D eigenvalue weighted by molar-refractivity contribution is -0.142. The minimum Gasteiger partial charge on any atom is -0.430 e. The summed E-state index contributed by atoms with van der Waals surface area (Å²) in [5.74, 6) is 0.542. The fourth-order valence-corrected chi connectivity index (χ4v) is 2.33. The second-order valence-corrected chi connectivity index (χ2v) is 6.65. The molecule has 1 aromatic rings. The highest BCUT2D eigenvalue weighted by Crippen LogP contribution is 2.27. The molecular weight excluding hydrogens is 267 g/mol. The first-order valence-electron chi connectivity index (χ1n) is 7.18. The minimum atomic E-state index is -0.505. The summed E-state index contributed by atoms with van der Waals surface area (Å²) in [5.41, 5.74) is 2.27. The van der Waals surface area contributed by atoms with Crippen molar-refractivity contribution in [2.24, 2.45) is 0 Å². The molecule has 2 nitrogen and oxygen atoms in total. The van der Waals surface area contributed by atoms with Crippen molar-refractivity contribution in [3.05, 3.63) is 41.2 Å². The van der Waals surface area contributed by atoms with Crippen molar-refractivity contribution < 1.29 is 9.53 Å². The maximum absolute atomic E-state index is 12.2. The van der Waals surface area contributed by atoms with E-state index in [0.29, 0.717) is 12.2 Å². The number of carbonyl (C=O) groups excluding carboxylic acids is 1. The summed E-state index contributed by atoms with van der Waals surface area (Å²) in [5, 5.41) is -0.505. The van der Waals surface area contributed by atoms with Gasteiger partial charge in [0, 0.05) is 6.42 Å². The number of allylic oxidation sites excluding steroid dienone is 1. The molecule has 0 saturated carbocycles. The zero-order chi connectivity index (χ0) is 15.2. The Bertz CT molecular complexity index is 490. The summed E-state index contributed by atoms with van der Waals surface area (Å²) < 4.78 is 5.58. The molecule has 0 aliphatic heterocycles. The molecule has 3 heteroatoms. The van der Waals surface area contributed by atoms with Gasteiger partial charge in [0.05, 0.1) is 5.16 Å². The van der Waals surface area contributed by atoms with Gasteiger partial charge in [0.2, 0.25) is 0 Å². The Kier molecular flexibility index (Phi) is 6.42. The Morgan fingerprint density at radius 1 is 1.35 bits per heavy atom. The van der Waals surface area contributed by atoms with E-state index in [0.717, 1.165) is 18.4 Å². The van der Waals surface area contributed by atoms with Gasteiger partial charge in [0.1, 0.15) is 5.76 Å². The Labute approximate surface area is 124 Å². The van der Waals surface area contributed by atoms with Crippen LogP contribution in [0.5, 0.6) is 0 Å². The first-order valence-corrected chi connectivity index (χ1v) is 7.75. The second kappa shape index (κ2) is 7.59. The third kappa shape index (κ3) is 4.76. The number of hydrogen-bond acceptors (Lipinski definition) is 2. The second-order valence-electron chi connectivity index (χ2n) is 5.38. The van der Waals surface area contributed by atoms with Crippen molar-refractivity contribution in [2.75, 3.05) is 0 Å². The van der Waals surface area contributed by atoms with Gasteiger partial charge in [-0.05, 0) is 37.5 Å². The molecule has 0 bridgehead atoms. The molecule has 0 aromatic heterocycles. The molecule has 20 heavy (non-hydrogen) atoms. The van der Waals surface area contributed by atoms with Crippen molar-refractivity contribution in [2.45, 2.75) is 52.1 Å². The Morgan fingerprint density at radius 2 is 2.00 bits per heavy atom. The Hall–Kier alpha value is -1.14. The molecule has 2 atom stereocenters. The quantitative estimate of drug-likeness (QED) is 0.431. The molecule has 0 aliphatic carbocycles. The van der Waals surface area contributed by atoms with Gasteiger partial charge < -0.3 is 4.74 Å². The molecule has 0 amide bonds. The van der Waals surface area contributed by atoms with Crippen LogP contribution in [0.1, 0.15) is 51.2 Å². The zero-order valence-corrected chi connectivity index (χ0v) is 14.1. The van der Waals surface area contributed by atoms with E-state index in [2.05, 4.69) is 29.2 Å². The monoisotopic (exact) mass is 292 g/mol. The van der Waals surface area contributed by atoms with Crippen LogP contribution in [0.2, 0.25) is 0 Å². The molecule has 0 fully saturated rings. The zero-order valence-electron chi connectivity index (χ0n) is 12.9. The number of benzene rings is 1. The van der Waals surface area contributed by atoms with Gasteiger partial charge in [-0.15, -0.1) is 9.24 Å². The highest BCUT2D eigenvalue weighted by molar-refractivity contribution is 7.20. The van der Waals surface area contributed by atoms with E-state index in [9.17, 15) is 4.79 Å². The normalized spacial score (nSPS) is 14.8. The van der Waals surface area contributed by atoms with Crippen LogP contribution in [0.25, 0.3) is 6.08 Å². The van der Waals surface area contributed by atoms with Gasteiger partial charge in [-0.2, -0.15) is 0 Å². The van der Waals surface area contributed by atoms with Crippen molar-refractivity contribution in [1.82, 2.24) is 0 Å². The first-order chi connectivity index (χ1) is 9.40. The molecule has 1 aromatic carbocycles. The summed E-state index contributed by atoms with van der Waals surface area (Å²) in [6.45, 7) is 8.03. The minimum absolute atomic E-state index is 0.175. The topological polar surface area (TPSA) is 26.3 Å². The highest BCUT2D eigenvalue weighted by atomic mass is 31.0. The third-order valence-electron chi connectivity index (χ3n) is 3.31. The molecule has 0 aliphatic rings. The van der Waals surface area contributed by atoms with E-state index in [4.69, 9.17) is 4.74 Å². The fourth-order valence-electron chi connectivity index (χ4n) is 1.98. The van der Waals surface area contributed by atoms with E-state index in [1.165, 1.54) is 5.56 Å². The van der Waals surface area contributed by atoms with Crippen LogP contribution in [0, 0.1) is 6.92 Å². The van der Waals surface area contributed by atoms with Crippen LogP contribution >= 0.6 is 9.24 Å². The SMILES string of the molecule is CCCC(C)(P)C(=O)O/C(=C/c1ccccc1C)CC.